The van der Waals surface area contributed by atoms with Gasteiger partial charge in [-0.05, 0) is 18.6 Å². The number of hydrogen-bond acceptors (Lipinski definition) is 4. The van der Waals surface area contributed by atoms with Gasteiger partial charge in [-0.1, -0.05) is 31.3 Å². The summed E-state index contributed by atoms with van der Waals surface area (Å²) in [5.41, 5.74) is 6.95. The molecule has 0 aliphatic rings. The summed E-state index contributed by atoms with van der Waals surface area (Å²) in [5.74, 6) is -0.107. The smallest absolute Gasteiger partial charge is 0.226 e. The number of nitrogens with two attached hydrogens (primary N) is 1. The van der Waals surface area contributed by atoms with Gasteiger partial charge in [0.25, 0.3) is 0 Å². The van der Waals surface area contributed by atoms with Gasteiger partial charge in [-0.3, -0.25) is 4.79 Å². The Bertz CT molecular complexity index is 466. The van der Waals surface area contributed by atoms with Gasteiger partial charge >= 0.3 is 0 Å². The summed E-state index contributed by atoms with van der Waals surface area (Å²) in [6, 6.07) is 7.14. The van der Waals surface area contributed by atoms with Crippen LogP contribution in [0.5, 0.6) is 0 Å². The van der Waals surface area contributed by atoms with E-state index in [9.17, 15) is 4.79 Å². The third kappa shape index (κ3) is 7.75. The normalized spacial score (nSPS) is 10.3. The van der Waals surface area contributed by atoms with Crippen molar-refractivity contribution in [1.82, 2.24) is 0 Å². The number of carbonyl (C=O) groups is 1. The molecule has 0 fully saturated rings. The van der Waals surface area contributed by atoms with Crippen molar-refractivity contribution >= 4 is 28.8 Å². The average molecular weight is 310 g/mol. The van der Waals surface area contributed by atoms with Gasteiger partial charge < -0.3 is 20.5 Å². The molecule has 0 saturated carbocycles. The van der Waals surface area contributed by atoms with Crippen LogP contribution in [0.2, 0.25) is 0 Å². The number of carbonyl (C=O) groups excluding carboxylic acids is 1. The number of hydrogen-bond donors (Lipinski definition) is 2. The lowest BCUT2D eigenvalue weighted by Gasteiger charge is -2.08. The fourth-order valence-corrected chi connectivity index (χ4v) is 1.73. The summed E-state index contributed by atoms with van der Waals surface area (Å²) in [6.07, 6.45) is 1.29. The molecule has 1 aromatic rings. The van der Waals surface area contributed by atoms with Crippen molar-refractivity contribution in [2.75, 3.05) is 31.7 Å². The van der Waals surface area contributed by atoms with Crippen LogP contribution in [0.15, 0.2) is 24.3 Å². The molecular formula is C15H22N2O3S. The standard InChI is InChI=1S/C15H22N2O3S/c1-2-7-19-9-10-20-8-6-14(18)17-13-5-3-4-12(11-13)15(16)21/h3-5,11H,2,6-10H2,1H3,(H2,16,21)(H,17,18). The Labute approximate surface area is 130 Å². The second-order valence-corrected chi connectivity index (χ2v) is 4.91. The third-order valence-corrected chi connectivity index (χ3v) is 2.86. The van der Waals surface area contributed by atoms with Gasteiger partial charge in [-0.15, -0.1) is 0 Å². The molecule has 6 heteroatoms. The first-order valence-electron chi connectivity index (χ1n) is 6.98. The van der Waals surface area contributed by atoms with Crippen LogP contribution in [0.3, 0.4) is 0 Å². The van der Waals surface area contributed by atoms with Crippen molar-refractivity contribution in [2.45, 2.75) is 19.8 Å². The van der Waals surface area contributed by atoms with Crippen LogP contribution in [0.4, 0.5) is 5.69 Å². The molecule has 0 radical (unpaired) electrons. The first kappa shape index (κ1) is 17.6. The van der Waals surface area contributed by atoms with E-state index < -0.39 is 0 Å². The number of ether oxygens (including phenoxy) is 2. The summed E-state index contributed by atoms with van der Waals surface area (Å²) in [7, 11) is 0. The van der Waals surface area contributed by atoms with E-state index in [1.807, 2.05) is 0 Å². The fourth-order valence-electron chi connectivity index (χ4n) is 1.60. The second kappa shape index (κ2) is 10.3. The highest BCUT2D eigenvalue weighted by atomic mass is 32.1. The summed E-state index contributed by atoms with van der Waals surface area (Å²) in [6.45, 7) is 4.23. The van der Waals surface area contributed by atoms with Crippen LogP contribution in [0.25, 0.3) is 0 Å². The van der Waals surface area contributed by atoms with E-state index in [0.29, 0.717) is 36.9 Å². The number of thiocarbonyl (C=S) groups is 1. The predicted molar refractivity (Wildman–Crippen MR) is 87.5 cm³/mol. The quantitative estimate of drug-likeness (QED) is 0.511. The van der Waals surface area contributed by atoms with Gasteiger partial charge in [0, 0.05) is 17.9 Å². The van der Waals surface area contributed by atoms with Crippen molar-refractivity contribution in [3.63, 3.8) is 0 Å². The summed E-state index contributed by atoms with van der Waals surface area (Å²) >= 11 is 4.90. The fraction of sp³-hybridized carbons (Fsp3) is 0.467. The highest BCUT2D eigenvalue weighted by molar-refractivity contribution is 7.80. The van der Waals surface area contributed by atoms with Gasteiger partial charge in [-0.2, -0.15) is 0 Å². The molecule has 1 aromatic carbocycles. The van der Waals surface area contributed by atoms with E-state index in [4.69, 9.17) is 27.4 Å². The zero-order valence-corrected chi connectivity index (χ0v) is 13.1. The SMILES string of the molecule is CCCOCCOCCC(=O)Nc1cccc(C(N)=S)c1. The van der Waals surface area contributed by atoms with Gasteiger partial charge in [-0.25, -0.2) is 0 Å². The van der Waals surface area contributed by atoms with Crippen molar-refractivity contribution in [3.8, 4) is 0 Å². The molecule has 0 saturated heterocycles. The Kier molecular flexibility index (Phi) is 8.57. The van der Waals surface area contributed by atoms with Crippen molar-refractivity contribution < 1.29 is 14.3 Å². The van der Waals surface area contributed by atoms with Gasteiger partial charge in [0.05, 0.1) is 26.2 Å². The number of amides is 1. The lowest BCUT2D eigenvalue weighted by molar-refractivity contribution is -0.117. The van der Waals surface area contributed by atoms with Crippen LogP contribution in [0.1, 0.15) is 25.3 Å². The van der Waals surface area contributed by atoms with Crippen molar-refractivity contribution in [1.29, 1.82) is 0 Å². The highest BCUT2D eigenvalue weighted by Crippen LogP contribution is 2.10. The van der Waals surface area contributed by atoms with Gasteiger partial charge in [0.15, 0.2) is 0 Å². The minimum Gasteiger partial charge on any atom is -0.389 e. The maximum absolute atomic E-state index is 11.7. The van der Waals surface area contributed by atoms with Crippen LogP contribution in [-0.4, -0.2) is 37.3 Å². The number of benzene rings is 1. The number of anilines is 1. The molecule has 1 amide bonds. The molecule has 1 rings (SSSR count). The molecule has 5 nitrogen and oxygen atoms in total. The molecular weight excluding hydrogens is 288 g/mol. The van der Waals surface area contributed by atoms with Crippen LogP contribution in [-0.2, 0) is 14.3 Å². The largest absolute Gasteiger partial charge is 0.389 e. The van der Waals surface area contributed by atoms with E-state index >= 15 is 0 Å². The summed E-state index contributed by atoms with van der Waals surface area (Å²) in [5, 5.41) is 2.78. The predicted octanol–water partition coefficient (Wildman–Crippen LogP) is 2.09. The minimum atomic E-state index is -0.107. The molecule has 0 spiro atoms. The summed E-state index contributed by atoms with van der Waals surface area (Å²) < 4.78 is 10.6. The first-order chi connectivity index (χ1) is 10.1. The summed E-state index contributed by atoms with van der Waals surface area (Å²) in [4.78, 5) is 12.0. The van der Waals surface area contributed by atoms with Crippen LogP contribution in [0, 0.1) is 0 Å². The second-order valence-electron chi connectivity index (χ2n) is 4.47. The Morgan fingerprint density at radius 1 is 1.24 bits per heavy atom. The molecule has 0 heterocycles. The van der Waals surface area contributed by atoms with E-state index in [-0.39, 0.29) is 5.91 Å². The van der Waals surface area contributed by atoms with E-state index in [1.54, 1.807) is 24.3 Å². The lowest BCUT2D eigenvalue weighted by Crippen LogP contribution is -2.16. The van der Waals surface area contributed by atoms with E-state index in [0.717, 1.165) is 18.6 Å². The molecule has 0 unspecified atom stereocenters. The minimum absolute atomic E-state index is 0.107. The van der Waals surface area contributed by atoms with Gasteiger partial charge in [0.1, 0.15) is 4.99 Å². The Hall–Kier alpha value is -1.50. The molecule has 0 bridgehead atoms. The zero-order valence-electron chi connectivity index (χ0n) is 12.3. The van der Waals surface area contributed by atoms with Crippen molar-refractivity contribution in [2.24, 2.45) is 5.73 Å². The number of nitrogens with one attached hydrogen (secondary N) is 1. The highest BCUT2D eigenvalue weighted by Gasteiger charge is 2.04. The molecule has 21 heavy (non-hydrogen) atoms. The third-order valence-electron chi connectivity index (χ3n) is 2.62. The topological polar surface area (TPSA) is 73.6 Å². The first-order valence-corrected chi connectivity index (χ1v) is 7.39. The van der Waals surface area contributed by atoms with Gasteiger partial charge in [0.2, 0.25) is 5.91 Å². The monoisotopic (exact) mass is 310 g/mol. The molecule has 0 aliphatic heterocycles. The molecule has 3 N–H and O–H groups in total. The molecule has 0 aliphatic carbocycles. The Balaban J connectivity index is 2.21. The lowest BCUT2D eigenvalue weighted by atomic mass is 10.2. The van der Waals surface area contributed by atoms with Crippen LogP contribution >= 0.6 is 12.2 Å². The molecule has 0 atom stereocenters. The Morgan fingerprint density at radius 2 is 1.95 bits per heavy atom. The number of rotatable bonds is 10. The maximum Gasteiger partial charge on any atom is 0.226 e. The zero-order chi connectivity index (χ0) is 15.5. The van der Waals surface area contributed by atoms with E-state index in [1.165, 1.54) is 0 Å². The van der Waals surface area contributed by atoms with Crippen molar-refractivity contribution in [3.05, 3.63) is 29.8 Å². The average Bonchev–Trinajstić information content (AvgIpc) is 2.46. The van der Waals surface area contributed by atoms with E-state index in [2.05, 4.69) is 12.2 Å². The Morgan fingerprint density at radius 3 is 2.62 bits per heavy atom. The van der Waals surface area contributed by atoms with Crippen LogP contribution < -0.4 is 11.1 Å². The molecule has 116 valence electrons. The maximum atomic E-state index is 11.7. The molecule has 0 aromatic heterocycles.